The van der Waals surface area contributed by atoms with Gasteiger partial charge in [-0.05, 0) is 31.5 Å². The molecule has 19 heavy (non-hydrogen) atoms. The second kappa shape index (κ2) is 5.67. The largest absolute Gasteiger partial charge is 0.478 e. The third kappa shape index (κ3) is 3.42. The van der Waals surface area contributed by atoms with Gasteiger partial charge in [-0.1, -0.05) is 12.1 Å². The quantitative estimate of drug-likeness (QED) is 0.862. The highest BCUT2D eigenvalue weighted by Crippen LogP contribution is 2.08. The fourth-order valence-electron chi connectivity index (χ4n) is 1.69. The van der Waals surface area contributed by atoms with Gasteiger partial charge in [0.25, 0.3) is 0 Å². The summed E-state index contributed by atoms with van der Waals surface area (Å²) in [5, 5.41) is 12.0. The lowest BCUT2D eigenvalue weighted by atomic mass is 10.1. The van der Waals surface area contributed by atoms with E-state index in [1.165, 1.54) is 0 Å². The van der Waals surface area contributed by atoms with Gasteiger partial charge in [-0.15, -0.1) is 0 Å². The highest BCUT2D eigenvalue weighted by atomic mass is 16.4. The molecule has 0 spiro atoms. The highest BCUT2D eigenvalue weighted by Gasteiger charge is 2.05. The molecule has 0 bridgehead atoms. The normalized spacial score (nSPS) is 10.6. The van der Waals surface area contributed by atoms with Crippen LogP contribution in [0.4, 0.5) is 0 Å². The number of benzene rings is 1. The molecule has 0 saturated carbocycles. The van der Waals surface area contributed by atoms with Gasteiger partial charge in [0.15, 0.2) is 0 Å². The summed E-state index contributed by atoms with van der Waals surface area (Å²) in [6, 6.07) is 6.78. The van der Waals surface area contributed by atoms with Crippen molar-refractivity contribution in [2.24, 2.45) is 0 Å². The number of aromatic carboxylic acids is 1. The molecule has 0 saturated heterocycles. The number of nitrogens with zero attached hydrogens (tertiary/aromatic N) is 1. The summed E-state index contributed by atoms with van der Waals surface area (Å²) in [7, 11) is 0. The molecular formula is C14H16N2O3. The van der Waals surface area contributed by atoms with E-state index in [0.29, 0.717) is 24.5 Å². The van der Waals surface area contributed by atoms with Gasteiger partial charge >= 0.3 is 5.97 Å². The van der Waals surface area contributed by atoms with Crippen molar-refractivity contribution in [1.82, 2.24) is 10.3 Å². The molecule has 1 aromatic carbocycles. The molecule has 2 N–H and O–H groups in total. The molecule has 0 atom stereocenters. The van der Waals surface area contributed by atoms with Gasteiger partial charge in [0.05, 0.1) is 17.8 Å². The zero-order valence-electron chi connectivity index (χ0n) is 10.9. The third-order valence-electron chi connectivity index (χ3n) is 2.88. The van der Waals surface area contributed by atoms with Crippen molar-refractivity contribution in [2.75, 3.05) is 0 Å². The van der Waals surface area contributed by atoms with Gasteiger partial charge < -0.3 is 14.8 Å². The number of hydrogen-bond acceptors (Lipinski definition) is 4. The van der Waals surface area contributed by atoms with Gasteiger partial charge in [0.1, 0.15) is 5.76 Å². The van der Waals surface area contributed by atoms with E-state index in [9.17, 15) is 4.79 Å². The number of carbonyl (C=O) groups is 1. The fraction of sp³-hybridized carbons (Fsp3) is 0.286. The number of aryl methyl sites for hydroxylation is 2. The van der Waals surface area contributed by atoms with Crippen molar-refractivity contribution in [1.29, 1.82) is 0 Å². The zero-order valence-corrected chi connectivity index (χ0v) is 10.9. The number of nitrogens with one attached hydrogen (secondary N) is 1. The Morgan fingerprint density at radius 2 is 1.95 bits per heavy atom. The van der Waals surface area contributed by atoms with E-state index >= 15 is 0 Å². The number of aromatic nitrogens is 1. The molecule has 0 unspecified atom stereocenters. The van der Waals surface area contributed by atoms with Gasteiger partial charge in [0.2, 0.25) is 5.89 Å². The van der Waals surface area contributed by atoms with E-state index in [0.717, 1.165) is 17.0 Å². The van der Waals surface area contributed by atoms with Crippen LogP contribution in [-0.4, -0.2) is 16.1 Å². The van der Waals surface area contributed by atoms with Crippen LogP contribution >= 0.6 is 0 Å². The maximum atomic E-state index is 10.7. The molecule has 5 nitrogen and oxygen atoms in total. The van der Waals surface area contributed by atoms with Crippen LogP contribution in [0.2, 0.25) is 0 Å². The predicted octanol–water partition coefficient (Wildman–Crippen LogP) is 2.28. The average Bonchev–Trinajstić information content (AvgIpc) is 2.69. The minimum Gasteiger partial charge on any atom is -0.478 e. The van der Waals surface area contributed by atoms with Crippen LogP contribution in [0.3, 0.4) is 0 Å². The summed E-state index contributed by atoms with van der Waals surface area (Å²) in [6.07, 6.45) is 0. The molecule has 2 rings (SSSR count). The standard InChI is InChI=1S/C14H16N2O3/c1-9-10(2)19-13(16-9)8-15-7-11-3-5-12(6-4-11)14(17)18/h3-6,15H,7-8H2,1-2H3,(H,17,18). The molecule has 0 aliphatic heterocycles. The van der Waals surface area contributed by atoms with Crippen LogP contribution in [-0.2, 0) is 13.1 Å². The van der Waals surface area contributed by atoms with E-state index in [2.05, 4.69) is 10.3 Å². The third-order valence-corrected chi connectivity index (χ3v) is 2.88. The summed E-state index contributed by atoms with van der Waals surface area (Å²) >= 11 is 0. The minimum absolute atomic E-state index is 0.294. The molecule has 0 aliphatic carbocycles. The Morgan fingerprint density at radius 1 is 1.26 bits per heavy atom. The number of hydrogen-bond donors (Lipinski definition) is 2. The molecule has 0 aliphatic rings. The summed E-state index contributed by atoms with van der Waals surface area (Å²) < 4.78 is 5.45. The van der Waals surface area contributed by atoms with E-state index < -0.39 is 5.97 Å². The Kier molecular flexibility index (Phi) is 3.97. The molecule has 2 aromatic rings. The maximum Gasteiger partial charge on any atom is 0.335 e. The van der Waals surface area contributed by atoms with Crippen molar-refractivity contribution in [3.8, 4) is 0 Å². The summed E-state index contributed by atoms with van der Waals surface area (Å²) in [4.78, 5) is 15.0. The molecule has 0 fully saturated rings. The van der Waals surface area contributed by atoms with E-state index in [1.807, 2.05) is 13.8 Å². The topological polar surface area (TPSA) is 75.4 Å². The van der Waals surface area contributed by atoms with Crippen molar-refractivity contribution < 1.29 is 14.3 Å². The van der Waals surface area contributed by atoms with E-state index in [-0.39, 0.29) is 0 Å². The van der Waals surface area contributed by atoms with Crippen LogP contribution in [0, 0.1) is 13.8 Å². The Morgan fingerprint density at radius 3 is 2.47 bits per heavy atom. The zero-order chi connectivity index (χ0) is 13.8. The van der Waals surface area contributed by atoms with Crippen LogP contribution in [0.15, 0.2) is 28.7 Å². The molecule has 1 heterocycles. The minimum atomic E-state index is -0.912. The first-order valence-electron chi connectivity index (χ1n) is 6.02. The summed E-state index contributed by atoms with van der Waals surface area (Å²) in [5.74, 6) is 0.588. The molecule has 1 aromatic heterocycles. The SMILES string of the molecule is Cc1nc(CNCc2ccc(C(=O)O)cc2)oc1C. The number of carboxylic acid groups (broad SMARTS) is 1. The van der Waals surface area contributed by atoms with Crippen molar-refractivity contribution in [3.05, 3.63) is 52.7 Å². The van der Waals surface area contributed by atoms with Crippen molar-refractivity contribution >= 4 is 5.97 Å². The van der Waals surface area contributed by atoms with Gasteiger partial charge in [0, 0.05) is 6.54 Å². The first-order valence-corrected chi connectivity index (χ1v) is 6.02. The predicted molar refractivity (Wildman–Crippen MR) is 69.9 cm³/mol. The lowest BCUT2D eigenvalue weighted by Crippen LogP contribution is -2.13. The number of oxazole rings is 1. The Balaban J connectivity index is 1.87. The van der Waals surface area contributed by atoms with E-state index in [4.69, 9.17) is 9.52 Å². The lowest BCUT2D eigenvalue weighted by molar-refractivity contribution is 0.0697. The highest BCUT2D eigenvalue weighted by molar-refractivity contribution is 5.87. The molecular weight excluding hydrogens is 244 g/mol. The van der Waals surface area contributed by atoms with Crippen LogP contribution in [0.1, 0.15) is 33.3 Å². The van der Waals surface area contributed by atoms with Gasteiger partial charge in [-0.3, -0.25) is 0 Å². The van der Waals surface area contributed by atoms with Crippen LogP contribution in [0.25, 0.3) is 0 Å². The molecule has 5 heteroatoms. The van der Waals surface area contributed by atoms with Crippen LogP contribution < -0.4 is 5.32 Å². The number of rotatable bonds is 5. The second-order valence-corrected chi connectivity index (χ2v) is 4.35. The average molecular weight is 260 g/mol. The smallest absolute Gasteiger partial charge is 0.335 e. The van der Waals surface area contributed by atoms with Gasteiger partial charge in [-0.2, -0.15) is 0 Å². The monoisotopic (exact) mass is 260 g/mol. The van der Waals surface area contributed by atoms with E-state index in [1.54, 1.807) is 24.3 Å². The Labute approximate surface area is 111 Å². The summed E-state index contributed by atoms with van der Waals surface area (Å²) in [6.45, 7) is 4.99. The van der Waals surface area contributed by atoms with Gasteiger partial charge in [-0.25, -0.2) is 9.78 Å². The number of carboxylic acids is 1. The first-order chi connectivity index (χ1) is 9.06. The summed E-state index contributed by atoms with van der Waals surface area (Å²) in [5.41, 5.74) is 2.22. The fourth-order valence-corrected chi connectivity index (χ4v) is 1.69. The molecule has 0 radical (unpaired) electrons. The molecule has 100 valence electrons. The van der Waals surface area contributed by atoms with Crippen LogP contribution in [0.5, 0.6) is 0 Å². The van der Waals surface area contributed by atoms with Crippen molar-refractivity contribution in [3.63, 3.8) is 0 Å². The Bertz CT molecular complexity index is 553. The van der Waals surface area contributed by atoms with Crippen molar-refractivity contribution in [2.45, 2.75) is 26.9 Å². The first kappa shape index (κ1) is 13.3. The Hall–Kier alpha value is -2.14. The molecule has 0 amide bonds. The lowest BCUT2D eigenvalue weighted by Gasteiger charge is -2.03. The second-order valence-electron chi connectivity index (χ2n) is 4.35. The maximum absolute atomic E-state index is 10.7.